The second-order valence-corrected chi connectivity index (χ2v) is 6.69. The minimum Gasteiger partial charge on any atom is -0.354 e. The first-order chi connectivity index (χ1) is 12.3. The van der Waals surface area contributed by atoms with Crippen LogP contribution in [0.5, 0.6) is 0 Å². The van der Waals surface area contributed by atoms with Gasteiger partial charge in [0.15, 0.2) is 5.69 Å². The molecular formula is C17H22F3N5O. The summed E-state index contributed by atoms with van der Waals surface area (Å²) in [6, 6.07) is 2.53. The number of nitrogens with zero attached hydrogens (tertiary/aromatic N) is 4. The van der Waals surface area contributed by atoms with Crippen molar-refractivity contribution in [1.29, 1.82) is 0 Å². The topological polar surface area (TPSA) is 64.7 Å². The molecule has 0 spiro atoms. The molecule has 1 aliphatic rings. The molecule has 3 rings (SSSR count). The van der Waals surface area contributed by atoms with E-state index in [-0.39, 0.29) is 11.8 Å². The van der Waals surface area contributed by atoms with Gasteiger partial charge in [-0.25, -0.2) is 0 Å². The molecule has 6 nitrogen and oxygen atoms in total. The van der Waals surface area contributed by atoms with Crippen LogP contribution < -0.4 is 5.32 Å². The van der Waals surface area contributed by atoms with E-state index in [1.54, 1.807) is 17.8 Å². The number of rotatable bonds is 7. The Morgan fingerprint density at radius 1 is 1.42 bits per heavy atom. The minimum absolute atomic E-state index is 0.171. The van der Waals surface area contributed by atoms with Gasteiger partial charge in [0.1, 0.15) is 6.04 Å². The molecule has 26 heavy (non-hydrogen) atoms. The molecule has 1 aliphatic carbocycles. The fraction of sp³-hybridized carbons (Fsp3) is 0.588. The van der Waals surface area contributed by atoms with Crippen LogP contribution >= 0.6 is 0 Å². The van der Waals surface area contributed by atoms with Gasteiger partial charge in [-0.15, -0.1) is 0 Å². The van der Waals surface area contributed by atoms with Crippen LogP contribution in [-0.4, -0.2) is 32.0 Å². The summed E-state index contributed by atoms with van der Waals surface area (Å²) in [5.74, 6) is 0.00617. The number of amides is 1. The summed E-state index contributed by atoms with van der Waals surface area (Å²) >= 11 is 0. The van der Waals surface area contributed by atoms with Gasteiger partial charge < -0.3 is 5.32 Å². The van der Waals surface area contributed by atoms with Crippen LogP contribution in [0.3, 0.4) is 0 Å². The molecule has 0 aliphatic heterocycles. The van der Waals surface area contributed by atoms with Crippen LogP contribution in [0.1, 0.15) is 55.2 Å². The Labute approximate surface area is 149 Å². The monoisotopic (exact) mass is 369 g/mol. The van der Waals surface area contributed by atoms with E-state index >= 15 is 0 Å². The molecule has 2 aromatic heterocycles. The maximum atomic E-state index is 12.9. The van der Waals surface area contributed by atoms with Gasteiger partial charge in [0, 0.05) is 36.6 Å². The molecule has 0 bridgehead atoms. The highest BCUT2D eigenvalue weighted by Gasteiger charge is 2.37. The van der Waals surface area contributed by atoms with Crippen molar-refractivity contribution in [1.82, 2.24) is 24.9 Å². The summed E-state index contributed by atoms with van der Waals surface area (Å²) in [6.07, 6.45) is -0.481. The predicted octanol–water partition coefficient (Wildman–Crippen LogP) is 3.05. The largest absolute Gasteiger partial charge is 0.435 e. The summed E-state index contributed by atoms with van der Waals surface area (Å²) in [7, 11) is 0. The van der Waals surface area contributed by atoms with Crippen molar-refractivity contribution >= 4 is 5.91 Å². The van der Waals surface area contributed by atoms with Gasteiger partial charge in [-0.1, -0.05) is 0 Å². The zero-order chi connectivity index (χ0) is 18.9. The van der Waals surface area contributed by atoms with Gasteiger partial charge in [-0.2, -0.15) is 23.4 Å². The van der Waals surface area contributed by atoms with E-state index in [0.29, 0.717) is 25.2 Å². The van der Waals surface area contributed by atoms with Crippen LogP contribution in [0.2, 0.25) is 0 Å². The molecule has 0 radical (unpaired) electrons. The van der Waals surface area contributed by atoms with Gasteiger partial charge in [0.2, 0.25) is 5.91 Å². The first kappa shape index (κ1) is 18.5. The third-order valence-electron chi connectivity index (χ3n) is 4.56. The maximum Gasteiger partial charge on any atom is 0.435 e. The number of hydrogen-bond acceptors (Lipinski definition) is 3. The van der Waals surface area contributed by atoms with Gasteiger partial charge in [0.05, 0.1) is 0 Å². The molecule has 1 saturated carbocycles. The van der Waals surface area contributed by atoms with Crippen molar-refractivity contribution in [3.63, 3.8) is 0 Å². The summed E-state index contributed by atoms with van der Waals surface area (Å²) in [5.41, 5.74) is 0.688. The second-order valence-electron chi connectivity index (χ2n) is 6.69. The van der Waals surface area contributed by atoms with E-state index in [9.17, 15) is 18.0 Å². The molecule has 1 N–H and O–H groups in total. The van der Waals surface area contributed by atoms with E-state index in [0.717, 1.165) is 24.6 Å². The van der Waals surface area contributed by atoms with Gasteiger partial charge in [-0.05, 0) is 45.2 Å². The van der Waals surface area contributed by atoms with Gasteiger partial charge in [-0.3, -0.25) is 14.2 Å². The van der Waals surface area contributed by atoms with Crippen LogP contribution in [0.15, 0.2) is 18.3 Å². The lowest BCUT2D eigenvalue weighted by molar-refractivity contribution is -0.141. The molecular weight excluding hydrogens is 347 g/mol. The molecule has 1 fully saturated rings. The third-order valence-corrected chi connectivity index (χ3v) is 4.56. The molecule has 9 heteroatoms. The van der Waals surface area contributed by atoms with Crippen LogP contribution in [-0.2, 0) is 17.5 Å². The van der Waals surface area contributed by atoms with E-state index in [1.165, 1.54) is 4.68 Å². The number of aromatic nitrogens is 4. The first-order valence-electron chi connectivity index (χ1n) is 8.70. The molecule has 0 saturated heterocycles. The predicted molar refractivity (Wildman–Crippen MR) is 88.5 cm³/mol. The summed E-state index contributed by atoms with van der Waals surface area (Å²) in [5, 5.41) is 10.6. The average molecular weight is 369 g/mol. The highest BCUT2D eigenvalue weighted by molar-refractivity contribution is 5.79. The minimum atomic E-state index is -4.43. The number of carbonyl (C=O) groups is 1. The number of hydrogen-bond donors (Lipinski definition) is 1. The molecule has 142 valence electrons. The summed E-state index contributed by atoms with van der Waals surface area (Å²) < 4.78 is 41.7. The van der Waals surface area contributed by atoms with Crippen molar-refractivity contribution in [2.24, 2.45) is 0 Å². The van der Waals surface area contributed by atoms with Crippen molar-refractivity contribution in [3.05, 3.63) is 35.4 Å². The van der Waals surface area contributed by atoms with Gasteiger partial charge >= 0.3 is 6.18 Å². The number of alkyl halides is 3. The smallest absolute Gasteiger partial charge is 0.354 e. The molecule has 1 unspecified atom stereocenters. The van der Waals surface area contributed by atoms with Crippen LogP contribution in [0.4, 0.5) is 13.2 Å². The van der Waals surface area contributed by atoms with E-state index in [2.05, 4.69) is 15.5 Å². The van der Waals surface area contributed by atoms with Crippen molar-refractivity contribution < 1.29 is 18.0 Å². The Morgan fingerprint density at radius 3 is 2.73 bits per heavy atom. The Bertz CT molecular complexity index is 776. The third kappa shape index (κ3) is 4.08. The Hall–Kier alpha value is -2.32. The number of aryl methyl sites for hydroxylation is 2. The number of nitrogens with one attached hydrogen (secondary N) is 1. The van der Waals surface area contributed by atoms with Gasteiger partial charge in [0.25, 0.3) is 0 Å². The molecule has 1 atom stereocenters. The lowest BCUT2D eigenvalue weighted by Crippen LogP contribution is -2.33. The normalized spacial score (nSPS) is 15.9. The fourth-order valence-electron chi connectivity index (χ4n) is 2.94. The summed E-state index contributed by atoms with van der Waals surface area (Å²) in [6.45, 7) is 4.34. The Kier molecular flexibility index (Phi) is 5.06. The summed E-state index contributed by atoms with van der Waals surface area (Å²) in [4.78, 5) is 12.2. The first-order valence-corrected chi connectivity index (χ1v) is 8.70. The lowest BCUT2D eigenvalue weighted by Gasteiger charge is -2.14. The quantitative estimate of drug-likeness (QED) is 0.763. The lowest BCUT2D eigenvalue weighted by atomic mass is 10.2. The standard InChI is InChI=1S/C17H22F3N5O/c1-11-6-8-22-25(11)12(2)16(26)21-7-3-9-24-14(13-4-5-13)10-15(23-24)17(18,19)20/h6,8,10,12-13H,3-5,7,9H2,1-2H3,(H,21,26). The molecule has 2 aromatic rings. The van der Waals surface area contributed by atoms with E-state index in [1.807, 2.05) is 13.0 Å². The fourth-order valence-corrected chi connectivity index (χ4v) is 2.94. The van der Waals surface area contributed by atoms with Crippen molar-refractivity contribution in [2.75, 3.05) is 6.54 Å². The van der Waals surface area contributed by atoms with Crippen LogP contribution in [0, 0.1) is 6.92 Å². The zero-order valence-electron chi connectivity index (χ0n) is 14.8. The molecule has 2 heterocycles. The van der Waals surface area contributed by atoms with Crippen molar-refractivity contribution in [3.8, 4) is 0 Å². The highest BCUT2D eigenvalue weighted by Crippen LogP contribution is 2.42. The van der Waals surface area contributed by atoms with Crippen molar-refractivity contribution in [2.45, 2.75) is 57.8 Å². The maximum absolute atomic E-state index is 12.9. The SMILES string of the molecule is Cc1ccnn1C(C)C(=O)NCCCn1nc(C(F)(F)F)cc1C1CC1. The second kappa shape index (κ2) is 7.13. The average Bonchev–Trinajstić information content (AvgIpc) is 3.18. The van der Waals surface area contributed by atoms with Crippen LogP contribution in [0.25, 0.3) is 0 Å². The number of halogens is 3. The highest BCUT2D eigenvalue weighted by atomic mass is 19.4. The number of carbonyl (C=O) groups excluding carboxylic acids is 1. The molecule has 0 aromatic carbocycles. The Balaban J connectivity index is 1.53. The van der Waals surface area contributed by atoms with E-state index < -0.39 is 17.9 Å². The molecule has 1 amide bonds. The Morgan fingerprint density at radius 2 is 2.15 bits per heavy atom. The van der Waals surface area contributed by atoms with E-state index in [4.69, 9.17) is 0 Å². The zero-order valence-corrected chi connectivity index (χ0v) is 14.8.